The van der Waals surface area contributed by atoms with E-state index in [1.807, 2.05) is 0 Å². The zero-order valence-corrected chi connectivity index (χ0v) is 13.2. The first-order chi connectivity index (χ1) is 10.3. The highest BCUT2D eigenvalue weighted by atomic mass is 16.5. The van der Waals surface area contributed by atoms with Gasteiger partial charge in [-0.2, -0.15) is 0 Å². The number of hydrogen-bond acceptors (Lipinski definition) is 3. The van der Waals surface area contributed by atoms with Gasteiger partial charge in [-0.3, -0.25) is 0 Å². The van der Waals surface area contributed by atoms with E-state index >= 15 is 0 Å². The maximum Gasteiger partial charge on any atom is 0.120 e. The van der Waals surface area contributed by atoms with E-state index in [2.05, 4.69) is 35.3 Å². The average Bonchev–Trinajstić information content (AvgIpc) is 2.77. The van der Waals surface area contributed by atoms with Gasteiger partial charge < -0.3 is 15.0 Å². The molecule has 1 aliphatic heterocycles. The highest BCUT2D eigenvalue weighted by Gasteiger charge is 2.16. The molecule has 3 nitrogen and oxygen atoms in total. The Morgan fingerprint density at radius 3 is 2.43 bits per heavy atom. The largest absolute Gasteiger partial charge is 0.490 e. The quantitative estimate of drug-likeness (QED) is 0.862. The van der Waals surface area contributed by atoms with Gasteiger partial charge in [-0.25, -0.2) is 0 Å². The molecule has 1 aliphatic carbocycles. The van der Waals surface area contributed by atoms with Gasteiger partial charge in [-0.1, -0.05) is 12.8 Å². The van der Waals surface area contributed by atoms with E-state index in [-0.39, 0.29) is 0 Å². The highest BCUT2D eigenvalue weighted by molar-refractivity contribution is 5.56. The molecule has 0 spiro atoms. The number of aryl methyl sites for hydroxylation is 1. The summed E-state index contributed by atoms with van der Waals surface area (Å²) < 4.78 is 6.23. The molecule has 1 aromatic carbocycles. The van der Waals surface area contributed by atoms with E-state index in [1.165, 1.54) is 49.8 Å². The summed E-state index contributed by atoms with van der Waals surface area (Å²) in [6.45, 7) is 6.57. The normalized spacial score (nSPS) is 21.1. The standard InChI is InChI=1S/C18H28N2O/c1-15-14-17(21-16-6-4-2-3-5-7-16)8-9-18(15)20-12-10-19-11-13-20/h8-9,14,16,19H,2-7,10-13H2,1H3. The van der Waals surface area contributed by atoms with Crippen molar-refractivity contribution in [2.45, 2.75) is 51.6 Å². The van der Waals surface area contributed by atoms with E-state index in [9.17, 15) is 0 Å². The molecule has 0 aromatic heterocycles. The zero-order valence-electron chi connectivity index (χ0n) is 13.2. The van der Waals surface area contributed by atoms with Crippen LogP contribution in [0.25, 0.3) is 0 Å². The SMILES string of the molecule is Cc1cc(OC2CCCCCC2)ccc1N1CCNCC1. The number of benzene rings is 1. The molecular formula is C18H28N2O. The molecule has 0 radical (unpaired) electrons. The second kappa shape index (κ2) is 7.17. The Labute approximate surface area is 128 Å². The summed E-state index contributed by atoms with van der Waals surface area (Å²) >= 11 is 0. The van der Waals surface area contributed by atoms with Crippen LogP contribution in [-0.4, -0.2) is 32.3 Å². The Balaban J connectivity index is 1.65. The van der Waals surface area contributed by atoms with Gasteiger partial charge in [0.25, 0.3) is 0 Å². The Bertz CT molecular complexity index is 447. The third kappa shape index (κ3) is 3.91. The number of rotatable bonds is 3. The minimum atomic E-state index is 0.428. The van der Waals surface area contributed by atoms with Crippen molar-refractivity contribution in [1.82, 2.24) is 5.32 Å². The van der Waals surface area contributed by atoms with Gasteiger partial charge in [0.05, 0.1) is 6.10 Å². The van der Waals surface area contributed by atoms with Gasteiger partial charge in [-0.15, -0.1) is 0 Å². The molecule has 3 heteroatoms. The molecule has 3 rings (SSSR count). The maximum absolute atomic E-state index is 6.23. The summed E-state index contributed by atoms with van der Waals surface area (Å²) in [5.74, 6) is 1.05. The smallest absolute Gasteiger partial charge is 0.120 e. The Kier molecular flexibility index (Phi) is 5.02. The van der Waals surface area contributed by atoms with Crippen molar-refractivity contribution in [2.75, 3.05) is 31.1 Å². The predicted octanol–water partition coefficient (Wildman–Crippen LogP) is 3.51. The van der Waals surface area contributed by atoms with Gasteiger partial charge in [0.15, 0.2) is 0 Å². The van der Waals surface area contributed by atoms with Gasteiger partial charge in [0.2, 0.25) is 0 Å². The molecule has 1 saturated carbocycles. The van der Waals surface area contributed by atoms with Crippen LogP contribution in [0.4, 0.5) is 5.69 Å². The lowest BCUT2D eigenvalue weighted by Crippen LogP contribution is -2.43. The van der Waals surface area contributed by atoms with Gasteiger partial charge in [0.1, 0.15) is 5.75 Å². The van der Waals surface area contributed by atoms with Crippen LogP contribution in [0.3, 0.4) is 0 Å². The summed E-state index contributed by atoms with van der Waals surface area (Å²) in [7, 11) is 0. The van der Waals surface area contributed by atoms with Crippen LogP contribution in [0.2, 0.25) is 0 Å². The van der Waals surface area contributed by atoms with E-state index in [0.717, 1.165) is 31.9 Å². The minimum absolute atomic E-state index is 0.428. The highest BCUT2D eigenvalue weighted by Crippen LogP contribution is 2.28. The van der Waals surface area contributed by atoms with Crippen molar-refractivity contribution in [2.24, 2.45) is 0 Å². The summed E-state index contributed by atoms with van der Waals surface area (Å²) in [5, 5.41) is 3.41. The van der Waals surface area contributed by atoms with Crippen LogP contribution in [-0.2, 0) is 0 Å². The van der Waals surface area contributed by atoms with E-state index in [0.29, 0.717) is 6.10 Å². The molecule has 0 unspecified atom stereocenters. The zero-order chi connectivity index (χ0) is 14.5. The first kappa shape index (κ1) is 14.7. The maximum atomic E-state index is 6.23. The monoisotopic (exact) mass is 288 g/mol. The van der Waals surface area contributed by atoms with Gasteiger partial charge in [-0.05, 0) is 56.4 Å². The van der Waals surface area contributed by atoms with E-state index < -0.39 is 0 Å². The van der Waals surface area contributed by atoms with Crippen molar-refractivity contribution in [3.05, 3.63) is 23.8 Å². The van der Waals surface area contributed by atoms with Crippen LogP contribution < -0.4 is 15.0 Å². The Morgan fingerprint density at radius 2 is 1.76 bits per heavy atom. The molecule has 2 aliphatic rings. The van der Waals surface area contributed by atoms with Crippen LogP contribution in [0.5, 0.6) is 5.75 Å². The van der Waals surface area contributed by atoms with Crippen LogP contribution in [0.15, 0.2) is 18.2 Å². The van der Waals surface area contributed by atoms with Crippen molar-refractivity contribution in [1.29, 1.82) is 0 Å². The molecule has 1 aromatic rings. The number of piperazine rings is 1. The predicted molar refractivity (Wildman–Crippen MR) is 88.4 cm³/mol. The Hall–Kier alpha value is -1.22. The third-order valence-electron chi connectivity index (χ3n) is 4.73. The molecular weight excluding hydrogens is 260 g/mol. The first-order valence-electron chi connectivity index (χ1n) is 8.56. The number of nitrogens with zero attached hydrogens (tertiary/aromatic N) is 1. The molecule has 0 amide bonds. The van der Waals surface area contributed by atoms with Crippen LogP contribution in [0.1, 0.15) is 44.1 Å². The molecule has 116 valence electrons. The van der Waals surface area contributed by atoms with Gasteiger partial charge >= 0.3 is 0 Å². The summed E-state index contributed by atoms with van der Waals surface area (Å²) in [4.78, 5) is 2.47. The van der Waals surface area contributed by atoms with Crippen molar-refractivity contribution in [3.8, 4) is 5.75 Å². The van der Waals surface area contributed by atoms with E-state index in [4.69, 9.17) is 4.74 Å². The topological polar surface area (TPSA) is 24.5 Å². The third-order valence-corrected chi connectivity index (χ3v) is 4.73. The molecule has 1 N–H and O–H groups in total. The second-order valence-electron chi connectivity index (χ2n) is 6.42. The lowest BCUT2D eigenvalue weighted by atomic mass is 10.1. The molecule has 21 heavy (non-hydrogen) atoms. The lowest BCUT2D eigenvalue weighted by Gasteiger charge is -2.31. The second-order valence-corrected chi connectivity index (χ2v) is 6.42. The molecule has 0 bridgehead atoms. The summed E-state index contributed by atoms with van der Waals surface area (Å²) in [6, 6.07) is 6.63. The van der Waals surface area contributed by atoms with Crippen LogP contribution >= 0.6 is 0 Å². The number of hydrogen-bond donors (Lipinski definition) is 1. The molecule has 2 fully saturated rings. The number of anilines is 1. The van der Waals surface area contributed by atoms with Crippen molar-refractivity contribution >= 4 is 5.69 Å². The number of ether oxygens (including phenoxy) is 1. The molecule has 1 saturated heterocycles. The summed E-state index contributed by atoms with van der Waals surface area (Å²) in [6.07, 6.45) is 8.26. The van der Waals surface area contributed by atoms with Crippen molar-refractivity contribution in [3.63, 3.8) is 0 Å². The molecule has 1 heterocycles. The van der Waals surface area contributed by atoms with Gasteiger partial charge in [0, 0.05) is 31.9 Å². The number of nitrogens with one attached hydrogen (secondary N) is 1. The fourth-order valence-electron chi connectivity index (χ4n) is 3.51. The van der Waals surface area contributed by atoms with E-state index in [1.54, 1.807) is 0 Å². The average molecular weight is 288 g/mol. The molecule has 0 atom stereocenters. The fourth-order valence-corrected chi connectivity index (χ4v) is 3.51. The first-order valence-corrected chi connectivity index (χ1v) is 8.56. The Morgan fingerprint density at radius 1 is 1.05 bits per heavy atom. The minimum Gasteiger partial charge on any atom is -0.490 e. The van der Waals surface area contributed by atoms with Crippen LogP contribution in [0, 0.1) is 6.92 Å². The lowest BCUT2D eigenvalue weighted by molar-refractivity contribution is 0.183. The fraction of sp³-hybridized carbons (Fsp3) is 0.667. The van der Waals surface area contributed by atoms with Crippen molar-refractivity contribution < 1.29 is 4.74 Å². The summed E-state index contributed by atoms with van der Waals surface area (Å²) in [5.41, 5.74) is 2.70.